The van der Waals surface area contributed by atoms with Crippen LogP contribution in [0.3, 0.4) is 0 Å². The van der Waals surface area contributed by atoms with Gasteiger partial charge < -0.3 is 9.30 Å². The predicted octanol–water partition coefficient (Wildman–Crippen LogP) is 3.96. The van der Waals surface area contributed by atoms with Crippen LogP contribution < -0.4 is 10.3 Å². The smallest absolute Gasteiger partial charge is 0.251 e. The van der Waals surface area contributed by atoms with Crippen molar-refractivity contribution in [3.05, 3.63) is 92.1 Å². The Morgan fingerprint density at radius 3 is 2.41 bits per heavy atom. The predicted molar refractivity (Wildman–Crippen MR) is 136 cm³/mol. The van der Waals surface area contributed by atoms with Crippen molar-refractivity contribution in [1.82, 2.24) is 39.5 Å². The zero-order valence-corrected chi connectivity index (χ0v) is 21.1. The van der Waals surface area contributed by atoms with E-state index in [4.69, 9.17) is 39.5 Å². The van der Waals surface area contributed by atoms with Crippen LogP contribution in [0.4, 0.5) is 0 Å². The number of hydrogen-bond acceptors (Lipinski definition) is 8. The number of pyridine rings is 2. The Balaban J connectivity index is 1.52. The molecule has 11 nitrogen and oxygen atoms in total. The largest absolute Gasteiger partial charge is 0.495 e. The van der Waals surface area contributed by atoms with E-state index in [-0.39, 0.29) is 28.1 Å². The summed E-state index contributed by atoms with van der Waals surface area (Å²) in [7, 11) is 1.50. The maximum absolute atomic E-state index is 13.1. The van der Waals surface area contributed by atoms with Crippen molar-refractivity contribution in [3.63, 3.8) is 0 Å². The lowest BCUT2D eigenvalue weighted by Crippen LogP contribution is -2.20. The molecule has 0 atom stereocenters. The van der Waals surface area contributed by atoms with Crippen molar-refractivity contribution in [2.45, 2.75) is 6.54 Å². The van der Waals surface area contributed by atoms with Crippen LogP contribution in [0.1, 0.15) is 11.4 Å². The third kappa shape index (κ3) is 4.90. The van der Waals surface area contributed by atoms with Crippen LogP contribution in [0, 0.1) is 11.3 Å². The molecule has 4 aromatic heterocycles. The molecule has 0 aliphatic carbocycles. The van der Waals surface area contributed by atoms with Crippen LogP contribution >= 0.6 is 34.8 Å². The van der Waals surface area contributed by atoms with Gasteiger partial charge in [-0.1, -0.05) is 45.2 Å². The molecule has 0 aliphatic heterocycles. The van der Waals surface area contributed by atoms with Crippen molar-refractivity contribution in [1.29, 1.82) is 5.26 Å². The average molecular weight is 555 g/mol. The third-order valence-corrected chi connectivity index (χ3v) is 5.96. The van der Waals surface area contributed by atoms with Gasteiger partial charge in [0.2, 0.25) is 0 Å². The van der Waals surface area contributed by atoms with Gasteiger partial charge in [0, 0.05) is 22.2 Å². The highest BCUT2D eigenvalue weighted by atomic mass is 35.5. The van der Waals surface area contributed by atoms with E-state index >= 15 is 0 Å². The molecule has 5 aromatic rings. The van der Waals surface area contributed by atoms with E-state index in [1.807, 2.05) is 6.07 Å². The summed E-state index contributed by atoms with van der Waals surface area (Å²) >= 11 is 18.1. The van der Waals surface area contributed by atoms with Gasteiger partial charge in [-0.3, -0.25) is 4.79 Å². The zero-order chi connectivity index (χ0) is 26.1. The molecule has 0 saturated carbocycles. The van der Waals surface area contributed by atoms with Gasteiger partial charge in [0.1, 0.15) is 28.4 Å². The first kappa shape index (κ1) is 24.5. The topological polar surface area (TPSA) is 129 Å². The minimum absolute atomic E-state index is 0.0955. The third-order valence-electron chi connectivity index (χ3n) is 5.34. The van der Waals surface area contributed by atoms with Crippen LogP contribution in [-0.4, -0.2) is 46.6 Å². The number of nitrogens with zero attached hydrogens (tertiary/aromatic N) is 9. The first-order valence-corrected chi connectivity index (χ1v) is 11.6. The SMILES string of the molecule is COc1cn(Cc2cn(-c3ccc(Cl)nc3C#N)nn2)c(=O)cc1-c1cc(Cl)ccc1-n1cc(Cl)nn1. The summed E-state index contributed by atoms with van der Waals surface area (Å²) in [4.78, 5) is 17.1. The molecular formula is C23H14Cl3N9O2. The molecule has 0 radical (unpaired) electrons. The highest BCUT2D eigenvalue weighted by Gasteiger charge is 2.17. The van der Waals surface area contributed by atoms with Crippen molar-refractivity contribution in [3.8, 4) is 34.3 Å². The fraction of sp³-hybridized carbons (Fsp3) is 0.0870. The Morgan fingerprint density at radius 2 is 1.68 bits per heavy atom. The van der Waals surface area contributed by atoms with E-state index in [0.29, 0.717) is 39.0 Å². The minimum atomic E-state index is -0.321. The summed E-state index contributed by atoms with van der Waals surface area (Å²) in [6.45, 7) is 0.0967. The fourth-order valence-electron chi connectivity index (χ4n) is 3.69. The van der Waals surface area contributed by atoms with Gasteiger partial charge in [-0.05, 0) is 30.3 Å². The number of rotatable bonds is 6. The number of benzene rings is 1. The van der Waals surface area contributed by atoms with E-state index in [9.17, 15) is 10.1 Å². The van der Waals surface area contributed by atoms with Gasteiger partial charge in [0.05, 0.1) is 37.9 Å². The molecule has 4 heterocycles. The van der Waals surface area contributed by atoms with Crippen LogP contribution in [0.15, 0.2) is 59.8 Å². The lowest BCUT2D eigenvalue weighted by atomic mass is 10.0. The quantitative estimate of drug-likeness (QED) is 0.288. The molecule has 0 aliphatic rings. The molecule has 37 heavy (non-hydrogen) atoms. The van der Waals surface area contributed by atoms with Gasteiger partial charge in [0.25, 0.3) is 5.56 Å². The Bertz CT molecular complexity index is 1740. The van der Waals surface area contributed by atoms with Gasteiger partial charge in [-0.2, -0.15) is 5.26 Å². The Hall–Kier alpha value is -4.24. The molecule has 0 spiro atoms. The van der Waals surface area contributed by atoms with Crippen molar-refractivity contribution in [2.75, 3.05) is 7.11 Å². The molecule has 0 fully saturated rings. The number of methoxy groups -OCH3 is 1. The maximum atomic E-state index is 13.1. The molecule has 5 rings (SSSR count). The van der Waals surface area contributed by atoms with Crippen molar-refractivity contribution < 1.29 is 4.74 Å². The first-order valence-electron chi connectivity index (χ1n) is 10.5. The summed E-state index contributed by atoms with van der Waals surface area (Å²) in [5.74, 6) is 0.412. The van der Waals surface area contributed by atoms with E-state index in [2.05, 4.69) is 25.6 Å². The number of halogens is 3. The Morgan fingerprint density at radius 1 is 0.919 bits per heavy atom. The molecule has 0 saturated heterocycles. The van der Waals surface area contributed by atoms with E-state index in [1.54, 1.807) is 48.9 Å². The fourth-order valence-corrected chi connectivity index (χ4v) is 4.14. The van der Waals surface area contributed by atoms with Gasteiger partial charge in [-0.15, -0.1) is 10.2 Å². The summed E-state index contributed by atoms with van der Waals surface area (Å²) in [6.07, 6.45) is 4.71. The summed E-state index contributed by atoms with van der Waals surface area (Å²) in [6, 6.07) is 11.7. The normalized spacial score (nSPS) is 10.9. The Kier molecular flexibility index (Phi) is 6.62. The number of ether oxygens (including phenoxy) is 1. The van der Waals surface area contributed by atoms with Gasteiger partial charge in [0.15, 0.2) is 10.8 Å². The van der Waals surface area contributed by atoms with Gasteiger partial charge in [-0.25, -0.2) is 14.3 Å². The van der Waals surface area contributed by atoms with Crippen molar-refractivity contribution in [2.24, 2.45) is 0 Å². The van der Waals surface area contributed by atoms with Crippen LogP contribution in [-0.2, 0) is 6.54 Å². The van der Waals surface area contributed by atoms with E-state index < -0.39 is 0 Å². The van der Waals surface area contributed by atoms with Crippen LogP contribution in [0.2, 0.25) is 15.3 Å². The standard InChI is InChI=1S/C23H14Cl3N9O2/c1-37-20-11-33(9-14-10-34(31-29-14)19-4-5-21(25)28-17(19)8-27)23(36)7-16(20)15-6-13(24)2-3-18(15)35-12-22(26)30-32-35/h2-7,10-12H,9H2,1H3. The summed E-state index contributed by atoms with van der Waals surface area (Å²) in [5.41, 5.74) is 2.36. The number of hydrogen-bond donors (Lipinski definition) is 0. The second-order valence-corrected chi connectivity index (χ2v) is 8.85. The highest BCUT2D eigenvalue weighted by molar-refractivity contribution is 6.31. The number of nitriles is 1. The second-order valence-electron chi connectivity index (χ2n) is 7.64. The van der Waals surface area contributed by atoms with E-state index in [1.165, 1.54) is 27.1 Å². The molecule has 0 N–H and O–H groups in total. The summed E-state index contributed by atoms with van der Waals surface area (Å²) in [5, 5.41) is 26.2. The van der Waals surface area contributed by atoms with Crippen LogP contribution in [0.5, 0.6) is 5.75 Å². The molecule has 14 heteroatoms. The molecule has 0 bridgehead atoms. The molecule has 0 amide bonds. The minimum Gasteiger partial charge on any atom is -0.495 e. The van der Waals surface area contributed by atoms with Crippen LogP contribution in [0.25, 0.3) is 22.5 Å². The van der Waals surface area contributed by atoms with Crippen molar-refractivity contribution >= 4 is 34.8 Å². The lowest BCUT2D eigenvalue weighted by Gasteiger charge is -2.15. The van der Waals surface area contributed by atoms with E-state index in [0.717, 1.165) is 0 Å². The molecular weight excluding hydrogens is 541 g/mol. The monoisotopic (exact) mass is 553 g/mol. The lowest BCUT2D eigenvalue weighted by molar-refractivity contribution is 0.410. The highest BCUT2D eigenvalue weighted by Crippen LogP contribution is 2.35. The molecule has 1 aromatic carbocycles. The molecule has 0 unspecified atom stereocenters. The average Bonchev–Trinajstić information content (AvgIpc) is 3.53. The maximum Gasteiger partial charge on any atom is 0.251 e. The second kappa shape index (κ2) is 10.0. The van der Waals surface area contributed by atoms with Gasteiger partial charge >= 0.3 is 0 Å². The first-order chi connectivity index (χ1) is 17.9. The zero-order valence-electron chi connectivity index (χ0n) is 18.9. The molecule has 184 valence electrons. The Labute approximate surface area is 224 Å². The summed E-state index contributed by atoms with van der Waals surface area (Å²) < 4.78 is 9.92. The number of aromatic nitrogens is 8.